The number of nitrogens with zero attached hydrogens (tertiary/aromatic N) is 2. The van der Waals surface area contributed by atoms with Crippen LogP contribution in [0.1, 0.15) is 21.5 Å². The zero-order valence-electron chi connectivity index (χ0n) is 15.3. The Bertz CT molecular complexity index is 1110. The predicted octanol–water partition coefficient (Wildman–Crippen LogP) is 2.30. The van der Waals surface area contributed by atoms with E-state index in [-0.39, 0.29) is 16.9 Å². The number of hydrogen-bond donors (Lipinski definition) is 2. The van der Waals surface area contributed by atoms with E-state index < -0.39 is 21.7 Å². The molecule has 0 aliphatic carbocycles. The maximum atomic E-state index is 14.5. The van der Waals surface area contributed by atoms with Crippen molar-refractivity contribution in [1.82, 2.24) is 19.8 Å². The fourth-order valence-corrected chi connectivity index (χ4v) is 3.62. The minimum absolute atomic E-state index is 0.250. The molecule has 0 fully saturated rings. The van der Waals surface area contributed by atoms with Crippen LogP contribution in [0.15, 0.2) is 55.0 Å². The first kappa shape index (κ1) is 19.7. The lowest BCUT2D eigenvalue weighted by molar-refractivity contribution is 0.0941. The molecular formula is C19H19FN4O3S. The Morgan fingerprint density at radius 3 is 2.57 bits per heavy atom. The van der Waals surface area contributed by atoms with Crippen molar-refractivity contribution < 1.29 is 17.6 Å². The third-order valence-corrected chi connectivity index (χ3v) is 5.15. The van der Waals surface area contributed by atoms with Crippen LogP contribution in [0.25, 0.3) is 11.3 Å². The molecule has 3 rings (SSSR count). The number of benzene rings is 2. The quantitative estimate of drug-likeness (QED) is 0.619. The average Bonchev–Trinajstić information content (AvgIpc) is 3.09. The number of aryl methyl sites for hydroxylation is 2. The number of amides is 1. The van der Waals surface area contributed by atoms with Gasteiger partial charge in [-0.15, -0.1) is 4.83 Å². The van der Waals surface area contributed by atoms with Crippen LogP contribution in [-0.4, -0.2) is 23.9 Å². The highest BCUT2D eigenvalue weighted by Crippen LogP contribution is 2.23. The monoisotopic (exact) mass is 402 g/mol. The minimum Gasteiger partial charge on any atom is -0.340 e. The van der Waals surface area contributed by atoms with E-state index >= 15 is 0 Å². The Morgan fingerprint density at radius 2 is 1.93 bits per heavy atom. The average molecular weight is 402 g/mol. The van der Waals surface area contributed by atoms with Crippen LogP contribution >= 0.6 is 0 Å². The van der Waals surface area contributed by atoms with Gasteiger partial charge in [0.05, 0.1) is 23.3 Å². The van der Waals surface area contributed by atoms with Gasteiger partial charge in [0.1, 0.15) is 5.82 Å². The number of rotatable bonds is 6. The highest BCUT2D eigenvalue weighted by Gasteiger charge is 2.19. The number of hydrazine groups is 1. The molecule has 0 spiro atoms. The maximum absolute atomic E-state index is 14.5. The molecule has 146 valence electrons. The van der Waals surface area contributed by atoms with Gasteiger partial charge in [0.2, 0.25) is 10.0 Å². The number of aromatic nitrogens is 2. The number of sulfonamides is 1. The smallest absolute Gasteiger partial charge is 0.269 e. The molecular weight excluding hydrogens is 383 g/mol. The fourth-order valence-electron chi connectivity index (χ4n) is 2.67. The number of carbonyl (C=O) groups is 1. The lowest BCUT2D eigenvalue weighted by Crippen LogP contribution is -2.42. The van der Waals surface area contributed by atoms with E-state index in [0.717, 1.165) is 0 Å². The fraction of sp³-hybridized carbons (Fsp3) is 0.158. The zero-order valence-corrected chi connectivity index (χ0v) is 16.1. The summed E-state index contributed by atoms with van der Waals surface area (Å²) < 4.78 is 40.5. The standard InChI is InChI=1S/C19H19FN4O3S/c1-13-8-15(17-10-24(2)12-21-17)9-16(18(13)20)19(25)22-23-28(26,27)11-14-6-4-3-5-7-14/h3-10,12,23H,11H2,1-2H3,(H,22,25). The summed E-state index contributed by atoms with van der Waals surface area (Å²) in [6.07, 6.45) is 3.32. The molecule has 0 aliphatic rings. The topological polar surface area (TPSA) is 93.1 Å². The van der Waals surface area contributed by atoms with Crippen LogP contribution in [0, 0.1) is 12.7 Å². The summed E-state index contributed by atoms with van der Waals surface area (Å²) in [7, 11) is -2.05. The van der Waals surface area contributed by atoms with E-state index in [1.807, 2.05) is 4.83 Å². The van der Waals surface area contributed by atoms with Gasteiger partial charge in [0, 0.05) is 18.8 Å². The number of hydrogen-bond acceptors (Lipinski definition) is 4. The van der Waals surface area contributed by atoms with Crippen molar-refractivity contribution in [1.29, 1.82) is 0 Å². The third kappa shape index (κ3) is 4.62. The largest absolute Gasteiger partial charge is 0.340 e. The van der Waals surface area contributed by atoms with Crippen LogP contribution in [-0.2, 0) is 22.8 Å². The van der Waals surface area contributed by atoms with Crippen molar-refractivity contribution in [2.75, 3.05) is 0 Å². The van der Waals surface area contributed by atoms with Crippen molar-refractivity contribution in [3.05, 3.63) is 77.5 Å². The molecule has 0 saturated carbocycles. The number of carbonyl (C=O) groups excluding carboxylic acids is 1. The van der Waals surface area contributed by atoms with E-state index in [2.05, 4.69) is 10.4 Å². The minimum atomic E-state index is -3.84. The summed E-state index contributed by atoms with van der Waals surface area (Å²) in [5.74, 6) is -1.93. The molecule has 2 N–H and O–H groups in total. The highest BCUT2D eigenvalue weighted by atomic mass is 32.2. The SMILES string of the molecule is Cc1cc(-c2cn(C)cn2)cc(C(=O)NNS(=O)(=O)Cc2ccccc2)c1F. The molecule has 0 atom stereocenters. The van der Waals surface area contributed by atoms with Gasteiger partial charge in [0.15, 0.2) is 0 Å². The number of imidazole rings is 1. The van der Waals surface area contributed by atoms with Gasteiger partial charge in [-0.2, -0.15) is 0 Å². The number of halogens is 1. The Hall–Kier alpha value is -3.04. The van der Waals surface area contributed by atoms with E-state index in [9.17, 15) is 17.6 Å². The van der Waals surface area contributed by atoms with Gasteiger partial charge < -0.3 is 4.57 Å². The summed E-state index contributed by atoms with van der Waals surface area (Å²) in [5.41, 5.74) is 3.73. The third-order valence-electron chi connectivity index (χ3n) is 4.02. The Labute approximate surface area is 162 Å². The first-order chi connectivity index (χ1) is 13.2. The van der Waals surface area contributed by atoms with Gasteiger partial charge in [-0.05, 0) is 30.2 Å². The number of nitrogens with one attached hydrogen (secondary N) is 2. The highest BCUT2D eigenvalue weighted by molar-refractivity contribution is 7.88. The molecule has 3 aromatic rings. The molecule has 1 aromatic heterocycles. The second-order valence-electron chi connectivity index (χ2n) is 6.38. The summed E-state index contributed by atoms with van der Waals surface area (Å²) in [6, 6.07) is 11.4. The molecule has 0 radical (unpaired) electrons. The summed E-state index contributed by atoms with van der Waals surface area (Å²) in [5, 5.41) is 0. The first-order valence-electron chi connectivity index (χ1n) is 8.37. The molecule has 28 heavy (non-hydrogen) atoms. The Kier molecular flexibility index (Phi) is 5.57. The van der Waals surface area contributed by atoms with Crippen LogP contribution in [0.4, 0.5) is 4.39 Å². The van der Waals surface area contributed by atoms with Crippen molar-refractivity contribution in [2.45, 2.75) is 12.7 Å². The maximum Gasteiger partial charge on any atom is 0.269 e. The van der Waals surface area contributed by atoms with Gasteiger partial charge >= 0.3 is 0 Å². The second kappa shape index (κ2) is 7.91. The zero-order chi connectivity index (χ0) is 20.3. The molecule has 0 bridgehead atoms. The molecule has 9 heteroatoms. The second-order valence-corrected chi connectivity index (χ2v) is 8.10. The Balaban J connectivity index is 1.77. The summed E-state index contributed by atoms with van der Waals surface area (Å²) in [6.45, 7) is 1.53. The molecule has 0 saturated heterocycles. The van der Waals surface area contributed by atoms with Crippen LogP contribution in [0.5, 0.6) is 0 Å². The van der Waals surface area contributed by atoms with Gasteiger partial charge in [-0.1, -0.05) is 30.3 Å². The van der Waals surface area contributed by atoms with Crippen molar-refractivity contribution >= 4 is 15.9 Å². The van der Waals surface area contributed by atoms with Gasteiger partial charge in [0.25, 0.3) is 5.91 Å². The molecule has 0 aliphatic heterocycles. The van der Waals surface area contributed by atoms with Crippen LogP contribution < -0.4 is 10.3 Å². The molecule has 1 amide bonds. The van der Waals surface area contributed by atoms with Crippen LogP contribution in [0.2, 0.25) is 0 Å². The van der Waals surface area contributed by atoms with E-state index in [1.54, 1.807) is 60.5 Å². The van der Waals surface area contributed by atoms with Crippen LogP contribution in [0.3, 0.4) is 0 Å². The first-order valence-corrected chi connectivity index (χ1v) is 10.0. The van der Waals surface area contributed by atoms with Crippen molar-refractivity contribution in [3.63, 3.8) is 0 Å². The molecule has 0 unspecified atom stereocenters. The van der Waals surface area contributed by atoms with Gasteiger partial charge in [-0.3, -0.25) is 10.2 Å². The van der Waals surface area contributed by atoms with Crippen molar-refractivity contribution in [3.8, 4) is 11.3 Å². The molecule has 2 aromatic carbocycles. The molecule has 1 heterocycles. The molecule has 7 nitrogen and oxygen atoms in total. The normalized spacial score (nSPS) is 11.4. The lowest BCUT2D eigenvalue weighted by Gasteiger charge is -2.11. The lowest BCUT2D eigenvalue weighted by atomic mass is 10.0. The van der Waals surface area contributed by atoms with Crippen molar-refractivity contribution in [2.24, 2.45) is 7.05 Å². The van der Waals surface area contributed by atoms with E-state index in [1.165, 1.54) is 13.0 Å². The summed E-state index contributed by atoms with van der Waals surface area (Å²) in [4.78, 5) is 18.6. The van der Waals surface area contributed by atoms with E-state index in [0.29, 0.717) is 16.8 Å². The van der Waals surface area contributed by atoms with Gasteiger partial charge in [-0.25, -0.2) is 17.8 Å². The predicted molar refractivity (Wildman–Crippen MR) is 103 cm³/mol. The summed E-state index contributed by atoms with van der Waals surface area (Å²) >= 11 is 0. The van der Waals surface area contributed by atoms with E-state index in [4.69, 9.17) is 0 Å². The Morgan fingerprint density at radius 1 is 1.21 bits per heavy atom.